The second-order valence-electron chi connectivity index (χ2n) is 3.29. The summed E-state index contributed by atoms with van der Waals surface area (Å²) >= 11 is 3.49. The molecule has 0 aliphatic heterocycles. The van der Waals surface area contributed by atoms with Crippen molar-refractivity contribution in [2.24, 2.45) is 0 Å². The standard InChI is InChI=1S/C9H8OS2/c10-9(2-3-9)8-5-7-6(12-8)1-4-11-7/h1,4-5,10H,2-3H2. The van der Waals surface area contributed by atoms with Gasteiger partial charge in [-0.15, -0.1) is 22.7 Å². The molecule has 1 fully saturated rings. The molecule has 0 saturated heterocycles. The highest BCUT2D eigenvalue weighted by molar-refractivity contribution is 7.27. The Kier molecular flexibility index (Phi) is 1.24. The van der Waals surface area contributed by atoms with E-state index < -0.39 is 5.60 Å². The summed E-state index contributed by atoms with van der Waals surface area (Å²) in [7, 11) is 0. The van der Waals surface area contributed by atoms with Gasteiger partial charge in [-0.2, -0.15) is 0 Å². The summed E-state index contributed by atoms with van der Waals surface area (Å²) in [4.78, 5) is 1.16. The highest BCUT2D eigenvalue weighted by Crippen LogP contribution is 2.49. The van der Waals surface area contributed by atoms with Gasteiger partial charge in [0.25, 0.3) is 0 Å². The third-order valence-corrected chi connectivity index (χ3v) is 4.61. The zero-order valence-corrected chi connectivity index (χ0v) is 8.04. The second kappa shape index (κ2) is 2.10. The molecule has 1 saturated carbocycles. The molecule has 62 valence electrons. The molecule has 0 spiro atoms. The monoisotopic (exact) mass is 196 g/mol. The normalized spacial score (nSPS) is 20.1. The largest absolute Gasteiger partial charge is 0.384 e. The van der Waals surface area contributed by atoms with Crippen LogP contribution < -0.4 is 0 Å². The highest BCUT2D eigenvalue weighted by atomic mass is 32.1. The van der Waals surface area contributed by atoms with Crippen molar-refractivity contribution in [1.29, 1.82) is 0 Å². The maximum atomic E-state index is 9.83. The number of aliphatic hydroxyl groups is 1. The molecule has 0 radical (unpaired) electrons. The molecule has 0 aromatic carbocycles. The number of fused-ring (bicyclic) bond motifs is 1. The molecule has 0 bridgehead atoms. The first-order valence-electron chi connectivity index (χ1n) is 3.98. The van der Waals surface area contributed by atoms with Gasteiger partial charge in [0, 0.05) is 14.3 Å². The van der Waals surface area contributed by atoms with Crippen molar-refractivity contribution in [1.82, 2.24) is 0 Å². The molecule has 0 amide bonds. The Hall–Kier alpha value is -0.380. The van der Waals surface area contributed by atoms with Gasteiger partial charge in [-0.05, 0) is 30.4 Å². The third-order valence-electron chi connectivity index (χ3n) is 2.32. The molecule has 12 heavy (non-hydrogen) atoms. The van der Waals surface area contributed by atoms with Crippen molar-refractivity contribution in [3.8, 4) is 0 Å². The van der Waals surface area contributed by atoms with Crippen LogP contribution in [-0.4, -0.2) is 5.11 Å². The van der Waals surface area contributed by atoms with E-state index in [0.717, 1.165) is 17.7 Å². The van der Waals surface area contributed by atoms with E-state index >= 15 is 0 Å². The van der Waals surface area contributed by atoms with Crippen LogP contribution in [-0.2, 0) is 5.60 Å². The Morgan fingerprint density at radius 1 is 1.33 bits per heavy atom. The van der Waals surface area contributed by atoms with Crippen molar-refractivity contribution in [3.05, 3.63) is 22.4 Å². The van der Waals surface area contributed by atoms with E-state index in [0.29, 0.717) is 0 Å². The Balaban J connectivity index is 2.21. The lowest BCUT2D eigenvalue weighted by Crippen LogP contribution is -1.99. The van der Waals surface area contributed by atoms with Crippen LogP contribution in [0.15, 0.2) is 17.5 Å². The van der Waals surface area contributed by atoms with Gasteiger partial charge in [0.1, 0.15) is 0 Å². The van der Waals surface area contributed by atoms with Crippen LogP contribution in [0.25, 0.3) is 9.40 Å². The average Bonchev–Trinajstić information content (AvgIpc) is 2.50. The Labute approximate surface area is 78.3 Å². The molecule has 0 unspecified atom stereocenters. The van der Waals surface area contributed by atoms with E-state index in [1.165, 1.54) is 9.40 Å². The predicted octanol–water partition coefficient (Wildman–Crippen LogP) is 2.94. The van der Waals surface area contributed by atoms with Gasteiger partial charge in [-0.1, -0.05) is 0 Å². The van der Waals surface area contributed by atoms with Gasteiger partial charge in [0.2, 0.25) is 0 Å². The minimum Gasteiger partial charge on any atom is -0.384 e. The lowest BCUT2D eigenvalue weighted by molar-refractivity contribution is 0.155. The van der Waals surface area contributed by atoms with Gasteiger partial charge in [0.05, 0.1) is 5.60 Å². The fourth-order valence-electron chi connectivity index (χ4n) is 1.36. The van der Waals surface area contributed by atoms with Gasteiger partial charge >= 0.3 is 0 Å². The van der Waals surface area contributed by atoms with Crippen LogP contribution in [0.5, 0.6) is 0 Å². The molecular formula is C9H8OS2. The summed E-state index contributed by atoms with van der Waals surface area (Å²) in [5.74, 6) is 0. The van der Waals surface area contributed by atoms with E-state index in [9.17, 15) is 5.11 Å². The van der Waals surface area contributed by atoms with Crippen molar-refractivity contribution >= 4 is 32.1 Å². The van der Waals surface area contributed by atoms with Gasteiger partial charge in [-0.25, -0.2) is 0 Å². The van der Waals surface area contributed by atoms with Gasteiger partial charge in [0.15, 0.2) is 0 Å². The minimum atomic E-state index is -0.441. The number of thiophene rings is 2. The summed E-state index contributed by atoms with van der Waals surface area (Å²) in [6.07, 6.45) is 1.89. The van der Waals surface area contributed by atoms with E-state index in [4.69, 9.17) is 0 Å². The van der Waals surface area contributed by atoms with Crippen LogP contribution in [0, 0.1) is 0 Å². The van der Waals surface area contributed by atoms with Crippen LogP contribution in [0.3, 0.4) is 0 Å². The van der Waals surface area contributed by atoms with Crippen LogP contribution in [0.1, 0.15) is 17.7 Å². The van der Waals surface area contributed by atoms with Crippen molar-refractivity contribution in [3.63, 3.8) is 0 Å². The predicted molar refractivity (Wildman–Crippen MR) is 52.8 cm³/mol. The van der Waals surface area contributed by atoms with E-state index in [1.807, 2.05) is 0 Å². The summed E-state index contributed by atoms with van der Waals surface area (Å²) < 4.78 is 2.63. The summed E-state index contributed by atoms with van der Waals surface area (Å²) in [6.45, 7) is 0. The number of rotatable bonds is 1. The summed E-state index contributed by atoms with van der Waals surface area (Å²) in [6, 6.07) is 4.26. The third kappa shape index (κ3) is 0.873. The molecule has 1 aliphatic carbocycles. The molecule has 3 heteroatoms. The quantitative estimate of drug-likeness (QED) is 0.743. The molecule has 1 nitrogen and oxygen atoms in total. The van der Waals surface area contributed by atoms with Crippen LogP contribution >= 0.6 is 22.7 Å². The first-order chi connectivity index (χ1) is 5.78. The maximum Gasteiger partial charge on any atom is 0.0991 e. The van der Waals surface area contributed by atoms with Crippen molar-refractivity contribution < 1.29 is 5.11 Å². The molecule has 3 rings (SSSR count). The fourth-order valence-corrected chi connectivity index (χ4v) is 3.61. The van der Waals surface area contributed by atoms with Crippen molar-refractivity contribution in [2.75, 3.05) is 0 Å². The number of hydrogen-bond donors (Lipinski definition) is 1. The highest BCUT2D eigenvalue weighted by Gasteiger charge is 2.43. The summed E-state index contributed by atoms with van der Waals surface area (Å²) in [5, 5.41) is 11.9. The van der Waals surface area contributed by atoms with Gasteiger partial charge in [-0.3, -0.25) is 0 Å². The molecule has 1 N–H and O–H groups in total. The molecule has 1 aliphatic rings. The van der Waals surface area contributed by atoms with Crippen LogP contribution in [0.2, 0.25) is 0 Å². The van der Waals surface area contributed by atoms with Gasteiger partial charge < -0.3 is 5.11 Å². The Morgan fingerprint density at radius 2 is 2.17 bits per heavy atom. The minimum absolute atomic E-state index is 0.441. The molecule has 2 aromatic rings. The smallest absolute Gasteiger partial charge is 0.0991 e. The topological polar surface area (TPSA) is 20.2 Å². The average molecular weight is 196 g/mol. The van der Waals surface area contributed by atoms with Crippen molar-refractivity contribution in [2.45, 2.75) is 18.4 Å². The first kappa shape index (κ1) is 7.06. The number of hydrogen-bond acceptors (Lipinski definition) is 3. The molecular weight excluding hydrogens is 188 g/mol. The van der Waals surface area contributed by atoms with E-state index in [2.05, 4.69) is 17.5 Å². The summed E-state index contributed by atoms with van der Waals surface area (Å²) in [5.41, 5.74) is -0.441. The first-order valence-corrected chi connectivity index (χ1v) is 5.67. The van der Waals surface area contributed by atoms with E-state index in [-0.39, 0.29) is 0 Å². The lowest BCUT2D eigenvalue weighted by Gasteiger charge is -2.00. The molecule has 0 atom stereocenters. The Bertz CT molecular complexity index is 394. The lowest BCUT2D eigenvalue weighted by atomic mass is 10.3. The zero-order valence-electron chi connectivity index (χ0n) is 6.41. The molecule has 2 aromatic heterocycles. The fraction of sp³-hybridized carbons (Fsp3) is 0.333. The molecule has 2 heterocycles. The zero-order chi connectivity index (χ0) is 8.18. The second-order valence-corrected chi connectivity index (χ2v) is 5.32. The SMILES string of the molecule is OC1(c2cc3sccc3s2)CC1. The maximum absolute atomic E-state index is 9.83. The Morgan fingerprint density at radius 3 is 2.83 bits per heavy atom. The van der Waals surface area contributed by atoms with Crippen LogP contribution in [0.4, 0.5) is 0 Å². The van der Waals surface area contributed by atoms with E-state index in [1.54, 1.807) is 22.7 Å².